The van der Waals surface area contributed by atoms with Crippen molar-refractivity contribution in [1.29, 1.82) is 0 Å². The molecule has 188 valence electrons. The Balaban J connectivity index is 1.41. The number of carbonyl (C=O) groups is 2. The third-order valence-electron chi connectivity index (χ3n) is 6.03. The topological polar surface area (TPSA) is 114 Å². The zero-order chi connectivity index (χ0) is 25.1. The zero-order valence-corrected chi connectivity index (χ0v) is 19.7. The number of amides is 2. The smallest absolute Gasteiger partial charge is 0.414 e. The van der Waals surface area contributed by atoms with E-state index < -0.39 is 23.8 Å². The van der Waals surface area contributed by atoms with Gasteiger partial charge < -0.3 is 19.8 Å². The average Bonchev–Trinajstić information content (AvgIpc) is 3.45. The van der Waals surface area contributed by atoms with Crippen LogP contribution in [0.15, 0.2) is 23.5 Å². The van der Waals surface area contributed by atoms with Gasteiger partial charge in [0, 0.05) is 32.1 Å². The highest BCUT2D eigenvalue weighted by Gasteiger charge is 2.34. The van der Waals surface area contributed by atoms with Crippen molar-refractivity contribution >= 4 is 29.1 Å². The van der Waals surface area contributed by atoms with Crippen molar-refractivity contribution in [3.63, 3.8) is 0 Å². The molecule has 0 bridgehead atoms. The number of nitrogens with one attached hydrogen (secondary N) is 1. The van der Waals surface area contributed by atoms with Gasteiger partial charge in [-0.2, -0.15) is 0 Å². The minimum atomic E-state index is -0.758. The predicted molar refractivity (Wildman–Crippen MR) is 122 cm³/mol. The van der Waals surface area contributed by atoms with Crippen molar-refractivity contribution in [3.8, 4) is 0 Å². The molecule has 2 fully saturated rings. The second-order valence-electron chi connectivity index (χ2n) is 8.47. The standard InChI is InChI=1S/C22H27F2N7O4/c1-13(27-34-3)20-12-31(28-26-20)15-4-6-29(7-5-15)21-18(23)8-16(9-19(21)24)30-11-17(35-22(30)33)10-25-14(2)32/h8-9,12,15,17H,4-7,10-11H2,1-3H3,(H,25,32)/t17-/m0/s1. The average molecular weight is 491 g/mol. The monoisotopic (exact) mass is 491 g/mol. The zero-order valence-electron chi connectivity index (χ0n) is 19.7. The Kier molecular flexibility index (Phi) is 7.12. The fraction of sp³-hybridized carbons (Fsp3) is 0.500. The summed E-state index contributed by atoms with van der Waals surface area (Å²) in [6, 6.07) is 2.30. The van der Waals surface area contributed by atoms with Crippen molar-refractivity contribution in [3.05, 3.63) is 35.7 Å². The number of carbonyl (C=O) groups excluding carboxylic acids is 2. The van der Waals surface area contributed by atoms with E-state index in [2.05, 4.69) is 20.8 Å². The van der Waals surface area contributed by atoms with Crippen LogP contribution in [0, 0.1) is 11.6 Å². The number of cyclic esters (lactones) is 1. The molecule has 1 N–H and O–H groups in total. The van der Waals surface area contributed by atoms with Crippen molar-refractivity contribution in [2.24, 2.45) is 5.16 Å². The predicted octanol–water partition coefficient (Wildman–Crippen LogP) is 2.23. The van der Waals surface area contributed by atoms with E-state index in [1.165, 1.54) is 14.0 Å². The van der Waals surface area contributed by atoms with Crippen molar-refractivity contribution in [1.82, 2.24) is 20.3 Å². The number of oxime groups is 1. The normalized spacial score (nSPS) is 19.2. The van der Waals surface area contributed by atoms with Gasteiger partial charge in [0.2, 0.25) is 5.91 Å². The first-order valence-corrected chi connectivity index (χ1v) is 11.2. The lowest BCUT2D eigenvalue weighted by Gasteiger charge is -2.34. The summed E-state index contributed by atoms with van der Waals surface area (Å²) in [5.41, 5.74) is 1.14. The molecule has 0 aliphatic carbocycles. The summed E-state index contributed by atoms with van der Waals surface area (Å²) in [4.78, 5) is 30.8. The van der Waals surface area contributed by atoms with Crippen LogP contribution in [-0.4, -0.2) is 72.1 Å². The minimum Gasteiger partial charge on any atom is -0.442 e. The maximum absolute atomic E-state index is 15.0. The molecule has 3 heterocycles. The summed E-state index contributed by atoms with van der Waals surface area (Å²) in [5.74, 6) is -1.78. The molecule has 0 radical (unpaired) electrons. The van der Waals surface area contributed by atoms with Gasteiger partial charge >= 0.3 is 6.09 Å². The Bertz CT molecular complexity index is 1110. The molecule has 1 atom stereocenters. The quantitative estimate of drug-likeness (QED) is 0.467. The third kappa shape index (κ3) is 5.33. The Morgan fingerprint density at radius 2 is 1.94 bits per heavy atom. The molecule has 2 saturated heterocycles. The molecule has 2 aliphatic rings. The van der Waals surface area contributed by atoms with Gasteiger partial charge in [0.25, 0.3) is 0 Å². The van der Waals surface area contributed by atoms with Gasteiger partial charge in [-0.3, -0.25) is 9.69 Å². The van der Waals surface area contributed by atoms with Crippen LogP contribution in [0.5, 0.6) is 0 Å². The number of halogens is 2. The lowest BCUT2D eigenvalue weighted by atomic mass is 10.0. The van der Waals surface area contributed by atoms with Crippen molar-refractivity contribution < 1.29 is 27.9 Å². The molecule has 11 nitrogen and oxygen atoms in total. The second-order valence-corrected chi connectivity index (χ2v) is 8.47. The summed E-state index contributed by atoms with van der Waals surface area (Å²) in [6.07, 6.45) is 1.70. The van der Waals surface area contributed by atoms with Crippen molar-refractivity contribution in [2.75, 3.05) is 43.1 Å². The lowest BCUT2D eigenvalue weighted by Crippen LogP contribution is -2.36. The van der Waals surface area contributed by atoms with Crippen molar-refractivity contribution in [2.45, 2.75) is 38.8 Å². The Labute approximate surface area is 200 Å². The lowest BCUT2D eigenvalue weighted by molar-refractivity contribution is -0.119. The largest absolute Gasteiger partial charge is 0.442 e. The van der Waals surface area contributed by atoms with Crippen LogP contribution in [0.2, 0.25) is 0 Å². The summed E-state index contributed by atoms with van der Waals surface area (Å²) in [6.45, 7) is 4.16. The maximum Gasteiger partial charge on any atom is 0.414 e. The Morgan fingerprint density at radius 3 is 2.57 bits per heavy atom. The first-order valence-electron chi connectivity index (χ1n) is 11.2. The highest BCUT2D eigenvalue weighted by molar-refractivity contribution is 5.96. The van der Waals surface area contributed by atoms with Gasteiger partial charge in [-0.25, -0.2) is 18.3 Å². The van der Waals surface area contributed by atoms with Crippen LogP contribution in [0.3, 0.4) is 0 Å². The summed E-state index contributed by atoms with van der Waals surface area (Å²) >= 11 is 0. The number of hydrogen-bond donors (Lipinski definition) is 1. The highest BCUT2D eigenvalue weighted by Crippen LogP contribution is 2.34. The van der Waals surface area contributed by atoms with Crippen LogP contribution < -0.4 is 15.1 Å². The Morgan fingerprint density at radius 1 is 1.26 bits per heavy atom. The van der Waals surface area contributed by atoms with Gasteiger partial charge in [-0.15, -0.1) is 5.10 Å². The summed E-state index contributed by atoms with van der Waals surface area (Å²) in [5, 5.41) is 14.7. The van der Waals surface area contributed by atoms with Gasteiger partial charge in [0.1, 0.15) is 30.3 Å². The first kappa shape index (κ1) is 24.4. The van der Waals surface area contributed by atoms with E-state index in [0.717, 1.165) is 17.0 Å². The number of aromatic nitrogens is 3. The molecule has 1 aromatic heterocycles. The number of rotatable bonds is 7. The number of benzene rings is 1. The molecule has 35 heavy (non-hydrogen) atoms. The van der Waals surface area contributed by atoms with Gasteiger partial charge in [-0.1, -0.05) is 10.4 Å². The number of nitrogens with zero attached hydrogens (tertiary/aromatic N) is 6. The summed E-state index contributed by atoms with van der Waals surface area (Å²) in [7, 11) is 1.45. The molecular formula is C22H27F2N7O4. The fourth-order valence-electron chi connectivity index (χ4n) is 4.26. The van der Waals surface area contributed by atoms with Crippen LogP contribution in [0.25, 0.3) is 0 Å². The van der Waals surface area contributed by atoms with E-state index in [1.807, 2.05) is 0 Å². The van der Waals surface area contributed by atoms with E-state index in [9.17, 15) is 9.59 Å². The van der Waals surface area contributed by atoms with E-state index in [-0.39, 0.29) is 36.4 Å². The van der Waals surface area contributed by atoms with Crippen LogP contribution in [0.4, 0.5) is 25.0 Å². The molecule has 0 saturated carbocycles. The number of hydrogen-bond acceptors (Lipinski definition) is 8. The highest BCUT2D eigenvalue weighted by atomic mass is 19.1. The first-order chi connectivity index (χ1) is 16.8. The fourth-order valence-corrected chi connectivity index (χ4v) is 4.26. The maximum atomic E-state index is 15.0. The molecule has 0 spiro atoms. The van der Waals surface area contributed by atoms with E-state index in [4.69, 9.17) is 9.57 Å². The van der Waals surface area contributed by atoms with Gasteiger partial charge in [-0.05, 0) is 19.8 Å². The number of piperidine rings is 1. The van der Waals surface area contributed by atoms with Crippen LogP contribution >= 0.6 is 0 Å². The molecule has 2 amide bonds. The van der Waals surface area contributed by atoms with E-state index in [1.54, 1.807) is 22.7 Å². The van der Waals surface area contributed by atoms with Gasteiger partial charge in [0.05, 0.1) is 31.0 Å². The van der Waals surface area contributed by atoms with Crippen LogP contribution in [-0.2, 0) is 14.4 Å². The molecule has 2 aromatic rings. The minimum absolute atomic E-state index is 0.0353. The third-order valence-corrected chi connectivity index (χ3v) is 6.03. The van der Waals surface area contributed by atoms with E-state index in [0.29, 0.717) is 37.3 Å². The molecule has 2 aliphatic heterocycles. The number of ether oxygens (including phenoxy) is 1. The molecule has 13 heteroatoms. The SMILES string of the molecule is CON=C(C)c1cn(C2CCN(c3c(F)cc(N4C[C@H](CNC(C)=O)OC4=O)cc3F)CC2)nn1. The molecule has 0 unspecified atom stereocenters. The molecule has 1 aromatic carbocycles. The molecule has 4 rings (SSSR count). The summed E-state index contributed by atoms with van der Waals surface area (Å²) < 4.78 is 37.0. The molecular weight excluding hydrogens is 464 g/mol. The number of anilines is 2. The van der Waals surface area contributed by atoms with Gasteiger partial charge in [0.15, 0.2) is 11.6 Å². The second kappa shape index (κ2) is 10.2. The Hall–Kier alpha value is -3.77. The van der Waals surface area contributed by atoms with E-state index >= 15 is 8.78 Å². The van der Waals surface area contributed by atoms with Crippen LogP contribution in [0.1, 0.15) is 38.4 Å².